The van der Waals surface area contributed by atoms with Crippen LogP contribution in [0.25, 0.3) is 0 Å². The molecule has 6 heteroatoms. The third kappa shape index (κ3) is 39.8. The minimum Gasteiger partial charge on any atom is -0.466 e. The first kappa shape index (κ1) is 51.3. The van der Waals surface area contributed by atoms with Crippen LogP contribution in [0.5, 0.6) is 0 Å². The zero-order valence-electron chi connectivity index (χ0n) is 35.2. The molecular formula is C47H89NO5. The number of hydrogen-bond donors (Lipinski definition) is 3. The van der Waals surface area contributed by atoms with E-state index in [9.17, 15) is 19.8 Å². The van der Waals surface area contributed by atoms with Crippen molar-refractivity contribution in [1.29, 1.82) is 0 Å². The zero-order valence-corrected chi connectivity index (χ0v) is 35.2. The van der Waals surface area contributed by atoms with Gasteiger partial charge >= 0.3 is 5.97 Å². The van der Waals surface area contributed by atoms with Crippen LogP contribution in [0.2, 0.25) is 0 Å². The van der Waals surface area contributed by atoms with E-state index in [1.165, 1.54) is 154 Å². The van der Waals surface area contributed by atoms with Gasteiger partial charge in [0.15, 0.2) is 0 Å². The summed E-state index contributed by atoms with van der Waals surface area (Å²) in [5.41, 5.74) is 0. The molecule has 0 aromatic heterocycles. The first-order chi connectivity index (χ1) is 26.0. The SMILES string of the molecule is CCCCC/C=C\CCCCCCCC(=O)OCCCCCCCCCCCCC(=O)NC(CO)C(O)/C=C/CCCCCCCCCCCCCC. The summed E-state index contributed by atoms with van der Waals surface area (Å²) in [6, 6.07) is -0.643. The van der Waals surface area contributed by atoms with E-state index in [2.05, 4.69) is 31.3 Å². The second-order valence-electron chi connectivity index (χ2n) is 15.7. The number of aliphatic hydroxyl groups is 2. The van der Waals surface area contributed by atoms with Crippen LogP contribution in [0.15, 0.2) is 24.3 Å². The van der Waals surface area contributed by atoms with Gasteiger partial charge < -0.3 is 20.3 Å². The number of carbonyl (C=O) groups excluding carboxylic acids is 2. The van der Waals surface area contributed by atoms with Gasteiger partial charge in [-0.1, -0.05) is 192 Å². The molecule has 0 fully saturated rings. The van der Waals surface area contributed by atoms with Crippen LogP contribution < -0.4 is 5.32 Å². The maximum atomic E-state index is 12.4. The largest absolute Gasteiger partial charge is 0.466 e. The fraction of sp³-hybridized carbons (Fsp3) is 0.872. The number of rotatable bonds is 42. The minimum atomic E-state index is -0.858. The molecule has 2 atom stereocenters. The lowest BCUT2D eigenvalue weighted by atomic mass is 10.0. The van der Waals surface area contributed by atoms with Crippen LogP contribution in [0, 0.1) is 0 Å². The smallest absolute Gasteiger partial charge is 0.305 e. The van der Waals surface area contributed by atoms with E-state index in [-0.39, 0.29) is 18.5 Å². The van der Waals surface area contributed by atoms with Crippen molar-refractivity contribution in [3.05, 3.63) is 24.3 Å². The Hall–Kier alpha value is -1.66. The van der Waals surface area contributed by atoms with Crippen LogP contribution >= 0.6 is 0 Å². The Labute approximate surface area is 329 Å². The third-order valence-corrected chi connectivity index (χ3v) is 10.5. The lowest BCUT2D eigenvalue weighted by Crippen LogP contribution is -2.45. The first-order valence-electron chi connectivity index (χ1n) is 23.1. The van der Waals surface area contributed by atoms with E-state index in [0.29, 0.717) is 19.4 Å². The van der Waals surface area contributed by atoms with Gasteiger partial charge in [0.2, 0.25) is 5.91 Å². The third-order valence-electron chi connectivity index (χ3n) is 10.5. The van der Waals surface area contributed by atoms with E-state index >= 15 is 0 Å². The summed E-state index contributed by atoms with van der Waals surface area (Å²) in [7, 11) is 0. The van der Waals surface area contributed by atoms with Gasteiger partial charge in [0.1, 0.15) is 0 Å². The van der Waals surface area contributed by atoms with Gasteiger partial charge in [0.25, 0.3) is 0 Å². The molecule has 0 spiro atoms. The van der Waals surface area contributed by atoms with Crippen LogP contribution in [0.3, 0.4) is 0 Å². The van der Waals surface area contributed by atoms with Crippen molar-refractivity contribution in [2.24, 2.45) is 0 Å². The Morgan fingerprint density at radius 3 is 1.38 bits per heavy atom. The van der Waals surface area contributed by atoms with Gasteiger partial charge in [0, 0.05) is 12.8 Å². The van der Waals surface area contributed by atoms with Gasteiger partial charge in [-0.05, 0) is 57.8 Å². The molecule has 312 valence electrons. The number of hydrogen-bond acceptors (Lipinski definition) is 5. The number of esters is 1. The molecule has 2 unspecified atom stereocenters. The van der Waals surface area contributed by atoms with E-state index in [1.807, 2.05) is 6.08 Å². The van der Waals surface area contributed by atoms with E-state index in [4.69, 9.17) is 4.74 Å². The predicted molar refractivity (Wildman–Crippen MR) is 227 cm³/mol. The Bertz CT molecular complexity index is 828. The maximum absolute atomic E-state index is 12.4. The summed E-state index contributed by atoms with van der Waals surface area (Å²) in [5.74, 6) is -0.124. The Morgan fingerprint density at radius 2 is 0.887 bits per heavy atom. The molecule has 0 aliphatic heterocycles. The molecule has 0 rings (SSSR count). The fourth-order valence-corrected chi connectivity index (χ4v) is 6.86. The maximum Gasteiger partial charge on any atom is 0.305 e. The average molecular weight is 748 g/mol. The minimum absolute atomic E-state index is 0.0316. The summed E-state index contributed by atoms with van der Waals surface area (Å²) in [5, 5.41) is 23.0. The average Bonchev–Trinajstić information content (AvgIpc) is 3.16. The second kappa shape index (κ2) is 43.1. The quantitative estimate of drug-likeness (QED) is 0.0328. The van der Waals surface area contributed by atoms with Crippen LogP contribution in [-0.2, 0) is 14.3 Å². The topological polar surface area (TPSA) is 95.9 Å². The van der Waals surface area contributed by atoms with Gasteiger partial charge in [-0.2, -0.15) is 0 Å². The number of amides is 1. The highest BCUT2D eigenvalue weighted by Crippen LogP contribution is 2.15. The summed E-state index contributed by atoms with van der Waals surface area (Å²) >= 11 is 0. The molecule has 3 N–H and O–H groups in total. The van der Waals surface area contributed by atoms with Crippen molar-refractivity contribution >= 4 is 11.9 Å². The first-order valence-corrected chi connectivity index (χ1v) is 23.1. The molecule has 0 aromatic rings. The number of carbonyl (C=O) groups is 2. The highest BCUT2D eigenvalue weighted by atomic mass is 16.5. The molecule has 0 aliphatic rings. The molecular weight excluding hydrogens is 659 g/mol. The second-order valence-corrected chi connectivity index (χ2v) is 15.7. The molecule has 53 heavy (non-hydrogen) atoms. The lowest BCUT2D eigenvalue weighted by Gasteiger charge is -2.20. The summed E-state index contributed by atoms with van der Waals surface area (Å²) in [4.78, 5) is 24.4. The van der Waals surface area contributed by atoms with Crippen molar-refractivity contribution in [2.75, 3.05) is 13.2 Å². The fourth-order valence-electron chi connectivity index (χ4n) is 6.86. The molecule has 0 saturated carbocycles. The number of unbranched alkanes of at least 4 members (excludes halogenated alkanes) is 29. The van der Waals surface area contributed by atoms with E-state index < -0.39 is 12.1 Å². The van der Waals surface area contributed by atoms with Crippen molar-refractivity contribution in [1.82, 2.24) is 5.32 Å². The van der Waals surface area contributed by atoms with E-state index in [0.717, 1.165) is 57.8 Å². The summed E-state index contributed by atoms with van der Waals surface area (Å²) < 4.78 is 5.43. The molecule has 0 aromatic carbocycles. The molecule has 0 bridgehead atoms. The lowest BCUT2D eigenvalue weighted by molar-refractivity contribution is -0.143. The van der Waals surface area contributed by atoms with Crippen molar-refractivity contribution in [2.45, 2.75) is 251 Å². The van der Waals surface area contributed by atoms with Crippen LogP contribution in [-0.4, -0.2) is 47.4 Å². The van der Waals surface area contributed by atoms with Crippen molar-refractivity contribution in [3.63, 3.8) is 0 Å². The van der Waals surface area contributed by atoms with E-state index in [1.54, 1.807) is 6.08 Å². The predicted octanol–water partition coefficient (Wildman–Crippen LogP) is 13.2. The van der Waals surface area contributed by atoms with Crippen molar-refractivity contribution in [3.8, 4) is 0 Å². The molecule has 1 amide bonds. The molecule has 0 saturated heterocycles. The number of ether oxygens (including phenoxy) is 1. The molecule has 0 radical (unpaired) electrons. The standard InChI is InChI=1S/C47H89NO5/c1-3-5-7-9-11-13-15-17-18-19-23-27-31-35-39-45(50)44(43-49)48-46(51)40-36-32-28-24-21-22-26-30-34-38-42-53-47(52)41-37-33-29-25-20-16-14-12-10-8-6-4-2/h12,14,35,39,44-45,49-50H,3-11,13,15-34,36-38,40-43H2,1-2H3,(H,48,51)/b14-12-,39-35+. The van der Waals surface area contributed by atoms with Gasteiger partial charge in [-0.3, -0.25) is 9.59 Å². The number of allylic oxidation sites excluding steroid dienone is 3. The normalized spacial score (nSPS) is 12.9. The Kier molecular flexibility index (Phi) is 41.7. The van der Waals surface area contributed by atoms with Crippen molar-refractivity contribution < 1.29 is 24.5 Å². The Morgan fingerprint density at radius 1 is 0.509 bits per heavy atom. The molecule has 6 nitrogen and oxygen atoms in total. The summed E-state index contributed by atoms with van der Waals surface area (Å²) in [6.45, 7) is 4.81. The highest BCUT2D eigenvalue weighted by molar-refractivity contribution is 5.76. The van der Waals surface area contributed by atoms with Crippen LogP contribution in [0.4, 0.5) is 0 Å². The molecule has 0 aliphatic carbocycles. The van der Waals surface area contributed by atoms with Gasteiger partial charge in [-0.15, -0.1) is 0 Å². The Balaban J connectivity index is 3.54. The highest BCUT2D eigenvalue weighted by Gasteiger charge is 2.18. The number of aliphatic hydroxyl groups excluding tert-OH is 2. The molecule has 0 heterocycles. The number of nitrogens with one attached hydrogen (secondary N) is 1. The zero-order chi connectivity index (χ0) is 38.7. The summed E-state index contributed by atoms with van der Waals surface area (Å²) in [6.07, 6.45) is 48.7. The van der Waals surface area contributed by atoms with Crippen LogP contribution in [0.1, 0.15) is 239 Å². The van der Waals surface area contributed by atoms with Gasteiger partial charge in [0.05, 0.1) is 25.4 Å². The monoisotopic (exact) mass is 748 g/mol. The van der Waals surface area contributed by atoms with Gasteiger partial charge in [-0.25, -0.2) is 0 Å².